The number of carbonyl (C=O) groups is 2. The van der Waals surface area contributed by atoms with E-state index >= 15 is 0 Å². The van der Waals surface area contributed by atoms with Crippen molar-refractivity contribution in [1.82, 2.24) is 10.2 Å². The lowest BCUT2D eigenvalue weighted by Crippen LogP contribution is -2.31. The Morgan fingerprint density at radius 1 is 1.02 bits per heavy atom. The highest BCUT2D eigenvalue weighted by Crippen LogP contribution is 2.44. The van der Waals surface area contributed by atoms with Gasteiger partial charge in [-0.3, -0.25) is 14.5 Å². The summed E-state index contributed by atoms with van der Waals surface area (Å²) in [5, 5.41) is 20.8. The summed E-state index contributed by atoms with van der Waals surface area (Å²) in [6.07, 6.45) is 3.14. The number of anilines is 1. The van der Waals surface area contributed by atoms with E-state index in [9.17, 15) is 14.7 Å². The molecule has 3 aromatic carbocycles. The highest BCUT2D eigenvalue weighted by atomic mass is 32.2. The number of para-hydroxylation sites is 1. The first-order valence-electron chi connectivity index (χ1n) is 14.1. The Morgan fingerprint density at radius 3 is 2.56 bits per heavy atom. The average Bonchev–Trinajstić information content (AvgIpc) is 3.75. The molecule has 43 heavy (non-hydrogen) atoms. The molecule has 2 aromatic heterocycles. The molecule has 10 heteroatoms. The molecule has 1 amide bonds. The van der Waals surface area contributed by atoms with Gasteiger partial charge in [-0.2, -0.15) is 0 Å². The van der Waals surface area contributed by atoms with Gasteiger partial charge in [0.25, 0.3) is 5.91 Å². The van der Waals surface area contributed by atoms with E-state index in [0.29, 0.717) is 33.6 Å². The summed E-state index contributed by atoms with van der Waals surface area (Å²) >= 11 is 2.74. The number of Topliss-reactive ketones (excluding diaryl/α,β-unsaturated/α-hetero) is 1. The van der Waals surface area contributed by atoms with E-state index in [1.54, 1.807) is 24.3 Å². The van der Waals surface area contributed by atoms with Gasteiger partial charge in [-0.05, 0) is 41.8 Å². The van der Waals surface area contributed by atoms with Gasteiger partial charge in [-0.15, -0.1) is 10.2 Å². The topological polar surface area (TPSA) is 106 Å². The van der Waals surface area contributed by atoms with Gasteiger partial charge in [0, 0.05) is 11.1 Å². The maximum Gasteiger partial charge on any atom is 0.296 e. The Hall–Kier alpha value is -4.41. The number of hydrogen-bond donors (Lipinski definition) is 1. The fraction of sp³-hybridized carbons (Fsp3) is 0.212. The van der Waals surface area contributed by atoms with Crippen LogP contribution in [0, 0.1) is 0 Å². The van der Waals surface area contributed by atoms with Crippen LogP contribution >= 0.6 is 23.1 Å². The molecule has 0 aliphatic carbocycles. The molecule has 1 atom stereocenters. The number of amides is 1. The number of furan rings is 1. The molecule has 0 radical (unpaired) electrons. The Labute approximate surface area is 257 Å². The van der Waals surface area contributed by atoms with Crippen molar-refractivity contribution in [3.05, 3.63) is 113 Å². The number of benzene rings is 3. The number of ketones is 1. The number of thioether (sulfide) groups is 1. The molecule has 1 N–H and O–H groups in total. The molecule has 1 aliphatic heterocycles. The minimum Gasteiger partial charge on any atom is -0.503 e. The maximum absolute atomic E-state index is 13.9. The average molecular weight is 612 g/mol. The van der Waals surface area contributed by atoms with Gasteiger partial charge in [-0.25, -0.2) is 0 Å². The van der Waals surface area contributed by atoms with Crippen LogP contribution in [0.25, 0.3) is 11.0 Å². The fourth-order valence-corrected chi connectivity index (χ4v) is 6.77. The van der Waals surface area contributed by atoms with E-state index in [1.165, 1.54) is 28.0 Å². The first kappa shape index (κ1) is 28.7. The zero-order valence-corrected chi connectivity index (χ0v) is 25.1. The number of hydrogen-bond acceptors (Lipinski definition) is 9. The Kier molecular flexibility index (Phi) is 8.57. The second-order valence-corrected chi connectivity index (χ2v) is 12.2. The van der Waals surface area contributed by atoms with Crippen LogP contribution in [0.3, 0.4) is 0 Å². The van der Waals surface area contributed by atoms with Crippen LogP contribution in [0.4, 0.5) is 5.13 Å². The van der Waals surface area contributed by atoms with Crippen LogP contribution < -0.4 is 9.64 Å². The van der Waals surface area contributed by atoms with E-state index in [1.807, 2.05) is 60.7 Å². The molecule has 5 aromatic rings. The van der Waals surface area contributed by atoms with Gasteiger partial charge < -0.3 is 14.3 Å². The molecular formula is C33H29N3O5S2. The summed E-state index contributed by atoms with van der Waals surface area (Å²) in [5.41, 5.74) is 2.22. The third-order valence-corrected chi connectivity index (χ3v) is 9.25. The molecule has 6 rings (SSSR count). The maximum atomic E-state index is 13.9. The summed E-state index contributed by atoms with van der Waals surface area (Å²) in [4.78, 5) is 28.9. The van der Waals surface area contributed by atoms with Crippen molar-refractivity contribution in [3.8, 4) is 5.75 Å². The number of rotatable bonds is 12. The predicted molar refractivity (Wildman–Crippen MR) is 168 cm³/mol. The van der Waals surface area contributed by atoms with Gasteiger partial charge >= 0.3 is 0 Å². The van der Waals surface area contributed by atoms with Crippen molar-refractivity contribution < 1.29 is 23.8 Å². The van der Waals surface area contributed by atoms with E-state index in [2.05, 4.69) is 17.1 Å². The minimum atomic E-state index is -0.942. The van der Waals surface area contributed by atoms with Crippen molar-refractivity contribution in [1.29, 1.82) is 0 Å². The van der Waals surface area contributed by atoms with Gasteiger partial charge in [0.05, 0.1) is 18.2 Å². The molecule has 0 fully saturated rings. The highest BCUT2D eigenvalue weighted by Gasteiger charge is 2.46. The number of unbranched alkanes of at least 4 members (excludes halogenated alkanes) is 2. The van der Waals surface area contributed by atoms with Crippen LogP contribution in [0.15, 0.2) is 105 Å². The van der Waals surface area contributed by atoms with Gasteiger partial charge in [0.2, 0.25) is 10.9 Å². The van der Waals surface area contributed by atoms with Crippen LogP contribution in [0.5, 0.6) is 5.75 Å². The zero-order chi connectivity index (χ0) is 29.8. The quantitative estimate of drug-likeness (QED) is 0.0656. The van der Waals surface area contributed by atoms with Crippen molar-refractivity contribution in [2.75, 3.05) is 11.5 Å². The molecular weight excluding hydrogens is 583 g/mol. The molecule has 218 valence electrons. The summed E-state index contributed by atoms with van der Waals surface area (Å²) in [6, 6.07) is 25.1. The van der Waals surface area contributed by atoms with E-state index in [-0.39, 0.29) is 16.5 Å². The standard InChI is InChI=1S/C33H29N3O5S2/c1-2-3-9-18-40-24-16-14-22(15-17-24)28-27(29(37)26-19-23-12-7-8-13-25(23)41-26)30(38)31(39)36(28)32-34-35-33(43-32)42-20-21-10-5-4-6-11-21/h4-8,10-17,19,28,38H,2-3,9,18,20H2,1H3. The second kappa shape index (κ2) is 12.8. The Morgan fingerprint density at radius 2 is 1.79 bits per heavy atom. The third kappa shape index (κ3) is 6.07. The van der Waals surface area contributed by atoms with E-state index < -0.39 is 23.5 Å². The van der Waals surface area contributed by atoms with Gasteiger partial charge in [0.15, 0.2) is 15.9 Å². The molecule has 3 heterocycles. The van der Waals surface area contributed by atoms with Gasteiger partial charge in [0.1, 0.15) is 11.3 Å². The predicted octanol–water partition coefficient (Wildman–Crippen LogP) is 7.93. The number of fused-ring (bicyclic) bond motifs is 1. The number of aliphatic hydroxyl groups is 1. The summed E-state index contributed by atoms with van der Waals surface area (Å²) in [7, 11) is 0. The first-order chi connectivity index (χ1) is 21.0. The number of aliphatic hydroxyl groups excluding tert-OH is 1. The van der Waals surface area contributed by atoms with Crippen molar-refractivity contribution in [2.45, 2.75) is 42.3 Å². The third-order valence-electron chi connectivity index (χ3n) is 7.12. The van der Waals surface area contributed by atoms with Crippen LogP contribution in [0.1, 0.15) is 53.9 Å². The summed E-state index contributed by atoms with van der Waals surface area (Å²) in [6.45, 7) is 2.74. The van der Waals surface area contributed by atoms with Crippen molar-refractivity contribution in [2.24, 2.45) is 0 Å². The Balaban J connectivity index is 1.33. The number of aromatic nitrogens is 2. The first-order valence-corrected chi connectivity index (χ1v) is 15.9. The van der Waals surface area contributed by atoms with E-state index in [0.717, 1.165) is 30.2 Å². The molecule has 0 spiro atoms. The molecule has 0 bridgehead atoms. The molecule has 0 saturated heterocycles. The molecule has 1 aliphatic rings. The van der Waals surface area contributed by atoms with Crippen molar-refractivity contribution >= 4 is 50.9 Å². The fourth-order valence-electron chi connectivity index (χ4n) is 4.94. The molecule has 0 saturated carbocycles. The van der Waals surface area contributed by atoms with Crippen LogP contribution in [-0.2, 0) is 10.5 Å². The highest BCUT2D eigenvalue weighted by molar-refractivity contribution is 8.00. The van der Waals surface area contributed by atoms with Crippen molar-refractivity contribution in [3.63, 3.8) is 0 Å². The summed E-state index contributed by atoms with van der Waals surface area (Å²) in [5.74, 6) is -0.521. The normalized spacial score (nSPS) is 15.0. The summed E-state index contributed by atoms with van der Waals surface area (Å²) < 4.78 is 12.4. The van der Waals surface area contributed by atoms with Gasteiger partial charge in [-0.1, -0.05) is 104 Å². The smallest absolute Gasteiger partial charge is 0.296 e. The minimum absolute atomic E-state index is 0.0367. The SMILES string of the molecule is CCCCCOc1ccc(C2C(C(=O)c3cc4ccccc4o3)=C(O)C(=O)N2c2nnc(SCc3ccccc3)s2)cc1. The lowest BCUT2D eigenvalue weighted by atomic mass is 9.95. The largest absolute Gasteiger partial charge is 0.503 e. The molecule has 1 unspecified atom stereocenters. The van der Waals surface area contributed by atoms with Crippen LogP contribution in [-0.4, -0.2) is 33.6 Å². The van der Waals surface area contributed by atoms with Crippen LogP contribution in [0.2, 0.25) is 0 Å². The monoisotopic (exact) mass is 611 g/mol. The van der Waals surface area contributed by atoms with E-state index in [4.69, 9.17) is 9.15 Å². The number of ether oxygens (including phenoxy) is 1. The zero-order valence-electron chi connectivity index (χ0n) is 23.4. The molecule has 8 nitrogen and oxygen atoms in total. The second-order valence-electron chi connectivity index (χ2n) is 10.1. The lowest BCUT2D eigenvalue weighted by Gasteiger charge is -2.24. The Bertz CT molecular complexity index is 1750. The lowest BCUT2D eigenvalue weighted by molar-refractivity contribution is -0.117. The number of nitrogens with zero attached hydrogens (tertiary/aromatic N) is 3. The number of carbonyl (C=O) groups excluding carboxylic acids is 2.